The Bertz CT molecular complexity index is 1090. The van der Waals surface area contributed by atoms with Gasteiger partial charge in [-0.15, -0.1) is 0 Å². The summed E-state index contributed by atoms with van der Waals surface area (Å²) in [5.41, 5.74) is -1.33. The number of halogens is 3. The molecule has 7 nitrogen and oxygen atoms in total. The number of urea groups is 1. The van der Waals surface area contributed by atoms with Gasteiger partial charge in [0.1, 0.15) is 11.4 Å². The molecule has 0 saturated carbocycles. The first-order valence-electron chi connectivity index (χ1n) is 8.73. The summed E-state index contributed by atoms with van der Waals surface area (Å²) in [6.07, 6.45) is 0. The summed E-state index contributed by atoms with van der Waals surface area (Å²) >= 11 is 12.1. The summed E-state index contributed by atoms with van der Waals surface area (Å²) in [5, 5.41) is 5.45. The Labute approximate surface area is 181 Å². The zero-order chi connectivity index (χ0) is 22.2. The number of carbonyl (C=O) groups is 4. The van der Waals surface area contributed by atoms with Crippen LogP contribution in [0.15, 0.2) is 36.4 Å². The molecule has 0 spiro atoms. The summed E-state index contributed by atoms with van der Waals surface area (Å²) in [5.74, 6) is -2.77. The summed E-state index contributed by atoms with van der Waals surface area (Å²) in [4.78, 5) is 49.7. The fourth-order valence-corrected chi connectivity index (χ4v) is 3.77. The van der Waals surface area contributed by atoms with Crippen molar-refractivity contribution < 1.29 is 23.6 Å². The molecule has 1 heterocycles. The lowest BCUT2D eigenvalue weighted by Crippen LogP contribution is -2.41. The molecule has 0 aliphatic carbocycles. The highest BCUT2D eigenvalue weighted by Gasteiger charge is 2.50. The lowest BCUT2D eigenvalue weighted by atomic mass is 9.92. The highest BCUT2D eigenvalue weighted by atomic mass is 35.5. The zero-order valence-corrected chi connectivity index (χ0v) is 17.4. The van der Waals surface area contributed by atoms with Crippen LogP contribution in [0.3, 0.4) is 0 Å². The SMILES string of the molecule is CC(=O)Nc1ccc(C(=O)CN2C(=O)N[C@@](C)(c3ccc(Cl)cc3Cl)C2=O)c(F)c1. The molecule has 0 unspecified atom stereocenters. The van der Waals surface area contributed by atoms with Gasteiger partial charge in [-0.05, 0) is 37.3 Å². The minimum absolute atomic E-state index is 0.173. The summed E-state index contributed by atoms with van der Waals surface area (Å²) in [7, 11) is 0. The van der Waals surface area contributed by atoms with Crippen molar-refractivity contribution in [1.29, 1.82) is 0 Å². The highest BCUT2D eigenvalue weighted by molar-refractivity contribution is 6.35. The van der Waals surface area contributed by atoms with Crippen molar-refractivity contribution in [3.05, 3.63) is 63.4 Å². The lowest BCUT2D eigenvalue weighted by molar-refractivity contribution is -0.130. The number of rotatable bonds is 5. The van der Waals surface area contributed by atoms with Crippen molar-refractivity contribution in [2.24, 2.45) is 0 Å². The fraction of sp³-hybridized carbons (Fsp3) is 0.200. The van der Waals surface area contributed by atoms with E-state index in [1.54, 1.807) is 0 Å². The molecule has 1 saturated heterocycles. The third-order valence-electron chi connectivity index (χ3n) is 4.64. The minimum atomic E-state index is -1.51. The molecule has 4 amide bonds. The second-order valence-corrected chi connectivity index (χ2v) is 7.71. The molecule has 30 heavy (non-hydrogen) atoms. The van der Waals surface area contributed by atoms with E-state index in [1.165, 1.54) is 44.2 Å². The maximum absolute atomic E-state index is 14.3. The van der Waals surface area contributed by atoms with E-state index < -0.39 is 41.5 Å². The van der Waals surface area contributed by atoms with Crippen LogP contribution in [0.4, 0.5) is 14.9 Å². The standard InChI is InChI=1S/C20H16Cl2FN3O4/c1-10(27)24-12-4-5-13(16(23)8-12)17(28)9-26-18(29)20(2,25-19(26)30)14-6-3-11(21)7-15(14)22/h3-8H,9H2,1-2H3,(H,24,27)(H,25,30)/t20-/m0/s1. The van der Waals surface area contributed by atoms with Gasteiger partial charge in [-0.25, -0.2) is 9.18 Å². The van der Waals surface area contributed by atoms with E-state index in [4.69, 9.17) is 23.2 Å². The molecule has 1 atom stereocenters. The first-order chi connectivity index (χ1) is 14.0. The molecule has 0 radical (unpaired) electrons. The van der Waals surface area contributed by atoms with Crippen LogP contribution in [-0.4, -0.2) is 35.1 Å². The van der Waals surface area contributed by atoms with E-state index in [2.05, 4.69) is 10.6 Å². The Morgan fingerprint density at radius 1 is 1.17 bits per heavy atom. The Morgan fingerprint density at radius 2 is 1.87 bits per heavy atom. The summed E-state index contributed by atoms with van der Waals surface area (Å²) in [6.45, 7) is 2.05. The number of Topliss-reactive ketones (excluding diaryl/α,β-unsaturated/α-hetero) is 1. The van der Waals surface area contributed by atoms with Gasteiger partial charge in [-0.3, -0.25) is 19.3 Å². The van der Waals surface area contributed by atoms with E-state index in [0.717, 1.165) is 6.07 Å². The maximum atomic E-state index is 14.3. The van der Waals surface area contributed by atoms with Crippen LogP contribution in [-0.2, 0) is 15.1 Å². The predicted molar refractivity (Wildman–Crippen MR) is 109 cm³/mol. The van der Waals surface area contributed by atoms with Gasteiger partial charge >= 0.3 is 6.03 Å². The Kier molecular flexibility index (Phi) is 5.83. The van der Waals surface area contributed by atoms with Gasteiger partial charge in [0.2, 0.25) is 5.91 Å². The van der Waals surface area contributed by atoms with Gasteiger partial charge in [0.05, 0.1) is 12.1 Å². The Hall–Kier alpha value is -2.97. The molecular weight excluding hydrogens is 436 g/mol. The van der Waals surface area contributed by atoms with Crippen LogP contribution >= 0.6 is 23.2 Å². The predicted octanol–water partition coefficient (Wildman–Crippen LogP) is 3.74. The van der Waals surface area contributed by atoms with E-state index >= 15 is 0 Å². The molecule has 2 aromatic carbocycles. The molecule has 10 heteroatoms. The van der Waals surface area contributed by atoms with E-state index in [-0.39, 0.29) is 16.3 Å². The zero-order valence-electron chi connectivity index (χ0n) is 15.9. The number of benzene rings is 2. The highest BCUT2D eigenvalue weighted by Crippen LogP contribution is 2.35. The number of hydrogen-bond donors (Lipinski definition) is 2. The monoisotopic (exact) mass is 451 g/mol. The van der Waals surface area contributed by atoms with Gasteiger partial charge in [0.15, 0.2) is 5.78 Å². The first-order valence-corrected chi connectivity index (χ1v) is 9.48. The topological polar surface area (TPSA) is 95.6 Å². The first kappa shape index (κ1) is 21.7. The number of nitrogens with zero attached hydrogens (tertiary/aromatic N) is 1. The van der Waals surface area contributed by atoms with Gasteiger partial charge in [0.25, 0.3) is 5.91 Å². The summed E-state index contributed by atoms with van der Waals surface area (Å²) < 4.78 is 14.3. The van der Waals surface area contributed by atoms with Crippen molar-refractivity contribution in [3.63, 3.8) is 0 Å². The third-order valence-corrected chi connectivity index (χ3v) is 5.18. The molecule has 0 aromatic heterocycles. The average molecular weight is 452 g/mol. The molecule has 156 valence electrons. The second kappa shape index (κ2) is 8.04. The number of ketones is 1. The average Bonchev–Trinajstić information content (AvgIpc) is 2.84. The Balaban J connectivity index is 1.83. The quantitative estimate of drug-likeness (QED) is 0.534. The molecule has 1 fully saturated rings. The van der Waals surface area contributed by atoms with E-state index in [1.807, 2.05) is 0 Å². The second-order valence-electron chi connectivity index (χ2n) is 6.87. The fourth-order valence-electron chi connectivity index (χ4n) is 3.17. The normalized spacial score (nSPS) is 18.4. The van der Waals surface area contributed by atoms with Crippen LogP contribution in [0.25, 0.3) is 0 Å². The van der Waals surface area contributed by atoms with Crippen LogP contribution in [0.5, 0.6) is 0 Å². The maximum Gasteiger partial charge on any atom is 0.325 e. The van der Waals surface area contributed by atoms with Crippen molar-refractivity contribution >= 4 is 52.5 Å². The molecule has 0 bridgehead atoms. The molecule has 2 aromatic rings. The van der Waals surface area contributed by atoms with Crippen molar-refractivity contribution in [2.75, 3.05) is 11.9 Å². The van der Waals surface area contributed by atoms with E-state index in [0.29, 0.717) is 15.5 Å². The van der Waals surface area contributed by atoms with Gasteiger partial charge in [0, 0.05) is 28.2 Å². The van der Waals surface area contributed by atoms with Crippen LogP contribution in [0.2, 0.25) is 10.0 Å². The van der Waals surface area contributed by atoms with Gasteiger partial charge in [-0.2, -0.15) is 0 Å². The van der Waals surface area contributed by atoms with Gasteiger partial charge in [-0.1, -0.05) is 29.3 Å². The molecule has 2 N–H and O–H groups in total. The van der Waals surface area contributed by atoms with Crippen LogP contribution in [0, 0.1) is 5.82 Å². The minimum Gasteiger partial charge on any atom is -0.326 e. The third kappa shape index (κ3) is 4.01. The number of imide groups is 1. The Morgan fingerprint density at radius 3 is 2.47 bits per heavy atom. The van der Waals surface area contributed by atoms with Gasteiger partial charge < -0.3 is 10.6 Å². The van der Waals surface area contributed by atoms with Crippen molar-refractivity contribution in [3.8, 4) is 0 Å². The smallest absolute Gasteiger partial charge is 0.325 e. The summed E-state index contributed by atoms with van der Waals surface area (Å²) in [6, 6.07) is 7.16. The molecule has 1 aliphatic rings. The van der Waals surface area contributed by atoms with Crippen molar-refractivity contribution in [2.45, 2.75) is 19.4 Å². The number of nitrogens with one attached hydrogen (secondary N) is 2. The van der Waals surface area contributed by atoms with Crippen LogP contribution in [0.1, 0.15) is 29.8 Å². The van der Waals surface area contributed by atoms with Crippen LogP contribution < -0.4 is 10.6 Å². The number of anilines is 1. The lowest BCUT2D eigenvalue weighted by Gasteiger charge is -2.23. The number of carbonyl (C=O) groups excluding carboxylic acids is 4. The molecular formula is C20H16Cl2FN3O4. The molecule has 1 aliphatic heterocycles. The van der Waals surface area contributed by atoms with E-state index in [9.17, 15) is 23.6 Å². The molecule has 3 rings (SSSR count). The number of amides is 4. The number of hydrogen-bond acceptors (Lipinski definition) is 4. The van der Waals surface area contributed by atoms with Crippen molar-refractivity contribution in [1.82, 2.24) is 10.2 Å². The largest absolute Gasteiger partial charge is 0.326 e.